The van der Waals surface area contributed by atoms with Crippen molar-refractivity contribution in [1.82, 2.24) is 4.90 Å². The number of ketones is 1. The van der Waals surface area contributed by atoms with Crippen molar-refractivity contribution in [3.8, 4) is 0 Å². The van der Waals surface area contributed by atoms with Gasteiger partial charge in [0, 0.05) is 24.4 Å². The molecule has 0 radical (unpaired) electrons. The topological polar surface area (TPSA) is 57.6 Å². The standard InChI is InChI=1S/C11H19NO3/c1-11(2,3)9(13)8-5-4-6-12(7-8)10(14)15/h8H,4-7H2,1-3H3,(H,14,15)/t8-/m0/s1. The van der Waals surface area contributed by atoms with Gasteiger partial charge in [-0.15, -0.1) is 0 Å². The highest BCUT2D eigenvalue weighted by Crippen LogP contribution is 2.26. The highest BCUT2D eigenvalue weighted by atomic mass is 16.4. The summed E-state index contributed by atoms with van der Waals surface area (Å²) >= 11 is 0. The number of nitrogens with zero attached hydrogens (tertiary/aromatic N) is 1. The fraction of sp³-hybridized carbons (Fsp3) is 0.818. The molecule has 1 fully saturated rings. The van der Waals surface area contributed by atoms with Gasteiger partial charge in [-0.25, -0.2) is 4.79 Å². The molecule has 1 aliphatic heterocycles. The number of hydrogen-bond donors (Lipinski definition) is 1. The average molecular weight is 213 g/mol. The van der Waals surface area contributed by atoms with Crippen molar-refractivity contribution in [3.05, 3.63) is 0 Å². The summed E-state index contributed by atoms with van der Waals surface area (Å²) in [6.07, 6.45) is 0.694. The van der Waals surface area contributed by atoms with E-state index >= 15 is 0 Å². The molecule has 1 amide bonds. The van der Waals surface area contributed by atoms with E-state index in [0.29, 0.717) is 13.1 Å². The van der Waals surface area contributed by atoms with Crippen LogP contribution in [0.2, 0.25) is 0 Å². The lowest BCUT2D eigenvalue weighted by Crippen LogP contribution is -2.44. The second-order valence-corrected chi connectivity index (χ2v) is 5.18. The van der Waals surface area contributed by atoms with E-state index in [4.69, 9.17) is 5.11 Å². The third-order valence-electron chi connectivity index (χ3n) is 2.80. The maximum absolute atomic E-state index is 12.0. The van der Waals surface area contributed by atoms with Crippen LogP contribution in [0.5, 0.6) is 0 Å². The first-order chi connectivity index (χ1) is 6.82. The number of piperidine rings is 1. The van der Waals surface area contributed by atoms with Gasteiger partial charge in [0.05, 0.1) is 0 Å². The molecular weight excluding hydrogens is 194 g/mol. The van der Waals surface area contributed by atoms with E-state index in [1.807, 2.05) is 20.8 Å². The number of carboxylic acid groups (broad SMARTS) is 1. The Morgan fingerprint density at radius 1 is 1.33 bits per heavy atom. The summed E-state index contributed by atoms with van der Waals surface area (Å²) in [5, 5.41) is 8.86. The smallest absolute Gasteiger partial charge is 0.407 e. The molecular formula is C11H19NO3. The van der Waals surface area contributed by atoms with Gasteiger partial charge in [0.25, 0.3) is 0 Å². The van der Waals surface area contributed by atoms with Crippen molar-refractivity contribution in [3.63, 3.8) is 0 Å². The van der Waals surface area contributed by atoms with E-state index in [1.165, 1.54) is 4.90 Å². The zero-order valence-electron chi connectivity index (χ0n) is 9.62. The Bertz CT molecular complexity index is 267. The molecule has 4 nitrogen and oxygen atoms in total. The van der Waals surface area contributed by atoms with Gasteiger partial charge in [0.2, 0.25) is 0 Å². The third kappa shape index (κ3) is 2.94. The molecule has 0 aromatic rings. The molecule has 1 heterocycles. The predicted octanol–water partition coefficient (Wildman–Crippen LogP) is 1.99. The second-order valence-electron chi connectivity index (χ2n) is 5.18. The van der Waals surface area contributed by atoms with Crippen molar-refractivity contribution >= 4 is 11.9 Å². The molecule has 15 heavy (non-hydrogen) atoms. The Balaban J connectivity index is 2.64. The van der Waals surface area contributed by atoms with Gasteiger partial charge in [-0.2, -0.15) is 0 Å². The first-order valence-electron chi connectivity index (χ1n) is 5.34. The highest BCUT2D eigenvalue weighted by molar-refractivity contribution is 5.86. The van der Waals surface area contributed by atoms with Crippen molar-refractivity contribution in [2.24, 2.45) is 11.3 Å². The highest BCUT2D eigenvalue weighted by Gasteiger charge is 2.33. The van der Waals surface area contributed by atoms with Crippen LogP contribution in [0, 0.1) is 11.3 Å². The molecule has 1 saturated heterocycles. The van der Waals surface area contributed by atoms with Crippen LogP contribution in [0.1, 0.15) is 33.6 Å². The summed E-state index contributed by atoms with van der Waals surface area (Å²) in [6, 6.07) is 0. The summed E-state index contributed by atoms with van der Waals surface area (Å²) in [7, 11) is 0. The lowest BCUT2D eigenvalue weighted by Gasteiger charge is -2.33. The minimum absolute atomic E-state index is 0.116. The number of carbonyl (C=O) groups is 2. The molecule has 86 valence electrons. The van der Waals surface area contributed by atoms with Crippen LogP contribution in [0.3, 0.4) is 0 Å². The second kappa shape index (κ2) is 4.21. The Morgan fingerprint density at radius 2 is 1.93 bits per heavy atom. The van der Waals surface area contributed by atoms with E-state index in [2.05, 4.69) is 0 Å². The molecule has 0 unspecified atom stereocenters. The quantitative estimate of drug-likeness (QED) is 0.724. The van der Waals surface area contributed by atoms with Crippen LogP contribution >= 0.6 is 0 Å². The summed E-state index contributed by atoms with van der Waals surface area (Å²) < 4.78 is 0. The normalized spacial score (nSPS) is 22.6. The SMILES string of the molecule is CC(C)(C)C(=O)[C@H]1CCCN(C(=O)O)C1. The van der Waals surface area contributed by atoms with Gasteiger partial charge in [0.1, 0.15) is 5.78 Å². The summed E-state index contributed by atoms with van der Waals surface area (Å²) in [4.78, 5) is 24.1. The van der Waals surface area contributed by atoms with Crippen molar-refractivity contribution in [2.75, 3.05) is 13.1 Å². The molecule has 0 saturated carbocycles. The Hall–Kier alpha value is -1.06. The molecule has 0 aromatic carbocycles. The fourth-order valence-electron chi connectivity index (χ4n) is 1.98. The number of rotatable bonds is 1. The number of amides is 1. The van der Waals surface area contributed by atoms with E-state index < -0.39 is 6.09 Å². The van der Waals surface area contributed by atoms with Gasteiger partial charge >= 0.3 is 6.09 Å². The van der Waals surface area contributed by atoms with Crippen LogP contribution in [0.4, 0.5) is 4.79 Å². The van der Waals surface area contributed by atoms with E-state index in [9.17, 15) is 9.59 Å². The van der Waals surface area contributed by atoms with E-state index in [1.54, 1.807) is 0 Å². The van der Waals surface area contributed by atoms with Gasteiger partial charge < -0.3 is 10.0 Å². The van der Waals surface area contributed by atoms with Gasteiger partial charge in [0.15, 0.2) is 0 Å². The monoisotopic (exact) mass is 213 g/mol. The summed E-state index contributed by atoms with van der Waals surface area (Å²) in [5.41, 5.74) is -0.369. The lowest BCUT2D eigenvalue weighted by atomic mass is 9.80. The summed E-state index contributed by atoms with van der Waals surface area (Å²) in [5.74, 6) is 0.0586. The van der Waals surface area contributed by atoms with Crippen molar-refractivity contribution in [2.45, 2.75) is 33.6 Å². The molecule has 1 N–H and O–H groups in total. The van der Waals surface area contributed by atoms with Crippen LogP contribution in [0.15, 0.2) is 0 Å². The lowest BCUT2D eigenvalue weighted by molar-refractivity contribution is -0.131. The van der Waals surface area contributed by atoms with Gasteiger partial charge in [-0.3, -0.25) is 4.79 Å². The van der Waals surface area contributed by atoms with Gasteiger partial charge in [-0.05, 0) is 12.8 Å². The Labute approximate surface area is 90.3 Å². The van der Waals surface area contributed by atoms with Gasteiger partial charge in [-0.1, -0.05) is 20.8 Å². The third-order valence-corrected chi connectivity index (χ3v) is 2.80. The zero-order valence-corrected chi connectivity index (χ0v) is 9.62. The van der Waals surface area contributed by atoms with Crippen LogP contribution < -0.4 is 0 Å². The van der Waals surface area contributed by atoms with Crippen LogP contribution in [-0.2, 0) is 4.79 Å². The number of likely N-dealkylation sites (tertiary alicyclic amines) is 1. The van der Waals surface area contributed by atoms with Crippen LogP contribution in [-0.4, -0.2) is 35.0 Å². The number of Topliss-reactive ketones (excluding diaryl/α,β-unsaturated/α-hetero) is 1. The van der Waals surface area contributed by atoms with Crippen molar-refractivity contribution in [1.29, 1.82) is 0 Å². The summed E-state index contributed by atoms with van der Waals surface area (Å²) in [6.45, 7) is 6.58. The minimum Gasteiger partial charge on any atom is -0.465 e. The Kier molecular flexibility index (Phi) is 3.37. The average Bonchev–Trinajstić information content (AvgIpc) is 2.15. The zero-order chi connectivity index (χ0) is 11.6. The molecule has 1 rings (SSSR count). The molecule has 0 bridgehead atoms. The molecule has 4 heteroatoms. The van der Waals surface area contributed by atoms with Crippen molar-refractivity contribution < 1.29 is 14.7 Å². The van der Waals surface area contributed by atoms with Crippen LogP contribution in [0.25, 0.3) is 0 Å². The maximum Gasteiger partial charge on any atom is 0.407 e. The molecule has 0 aliphatic carbocycles. The first-order valence-corrected chi connectivity index (χ1v) is 5.34. The number of carbonyl (C=O) groups excluding carboxylic acids is 1. The first kappa shape index (κ1) is 12.0. The minimum atomic E-state index is -0.915. The Morgan fingerprint density at radius 3 is 2.40 bits per heavy atom. The molecule has 1 aliphatic rings. The fourth-order valence-corrected chi connectivity index (χ4v) is 1.98. The number of hydrogen-bond acceptors (Lipinski definition) is 2. The maximum atomic E-state index is 12.0. The largest absolute Gasteiger partial charge is 0.465 e. The van der Waals surface area contributed by atoms with E-state index in [-0.39, 0.29) is 17.1 Å². The van der Waals surface area contributed by atoms with E-state index in [0.717, 1.165) is 12.8 Å². The molecule has 1 atom stereocenters. The molecule has 0 spiro atoms. The predicted molar refractivity (Wildman–Crippen MR) is 56.8 cm³/mol. The molecule has 0 aromatic heterocycles.